The summed E-state index contributed by atoms with van der Waals surface area (Å²) in [7, 11) is 0. The average Bonchev–Trinajstić information content (AvgIpc) is 2.59. The van der Waals surface area contributed by atoms with E-state index in [1.54, 1.807) is 0 Å². The number of hydrogen-bond acceptors (Lipinski definition) is 5. The number of aliphatic imine (C=N–C) groups is 1. The minimum atomic E-state index is -0.836. The number of halogens is 1. The predicted molar refractivity (Wildman–Crippen MR) is 127 cm³/mol. The first-order chi connectivity index (χ1) is 12.9. The fraction of sp³-hybridized carbons (Fsp3) is 0.950. The number of ether oxygens (including phenoxy) is 1. The second-order valence-corrected chi connectivity index (χ2v) is 8.71. The number of hydrogen-bond donors (Lipinski definition) is 3. The van der Waals surface area contributed by atoms with Crippen LogP contribution in [0.5, 0.6) is 0 Å². The summed E-state index contributed by atoms with van der Waals surface area (Å²) in [6.07, 6.45) is 1.34. The summed E-state index contributed by atoms with van der Waals surface area (Å²) in [4.78, 5) is 9.42. The number of morpholine rings is 1. The minimum absolute atomic E-state index is 0. The molecule has 0 aromatic carbocycles. The number of guanidine groups is 1. The Kier molecular flexibility index (Phi) is 12.2. The van der Waals surface area contributed by atoms with Crippen LogP contribution in [-0.4, -0.2) is 98.6 Å². The molecule has 0 aliphatic carbocycles. The maximum atomic E-state index is 10.7. The number of rotatable bonds is 8. The zero-order chi connectivity index (χ0) is 19.7. The third kappa shape index (κ3) is 10.0. The van der Waals surface area contributed by atoms with Gasteiger partial charge in [0.15, 0.2) is 5.96 Å². The second kappa shape index (κ2) is 13.2. The zero-order valence-corrected chi connectivity index (χ0v) is 20.6. The lowest BCUT2D eigenvalue weighted by Crippen LogP contribution is -2.48. The monoisotopic (exact) mass is 511 g/mol. The topological polar surface area (TPSA) is 72.4 Å². The first-order valence-electron chi connectivity index (χ1n) is 10.6. The quantitative estimate of drug-likeness (QED) is 0.259. The molecule has 0 saturated carbocycles. The van der Waals surface area contributed by atoms with Crippen LogP contribution in [0.1, 0.15) is 34.1 Å². The summed E-state index contributed by atoms with van der Waals surface area (Å²) in [5, 5.41) is 17.4. The molecule has 3 atom stereocenters. The number of aliphatic hydroxyl groups is 1. The van der Waals surface area contributed by atoms with Crippen LogP contribution in [0.2, 0.25) is 0 Å². The lowest BCUT2D eigenvalue weighted by Gasteiger charge is -2.35. The molecule has 0 radical (unpaired) electrons. The standard InChI is InChI=1S/C20H41N5O2.HI/c1-5-21-19(22-6-7-25-13-17(2)12-18(3)14-25)23-15-20(4,26)16-24-8-10-27-11-9-24;/h17-18,26H,5-16H2,1-4H3,(H2,21,22,23);1H. The van der Waals surface area contributed by atoms with Crippen molar-refractivity contribution < 1.29 is 9.84 Å². The summed E-state index contributed by atoms with van der Waals surface area (Å²) in [6, 6.07) is 0. The van der Waals surface area contributed by atoms with Gasteiger partial charge in [-0.1, -0.05) is 13.8 Å². The molecule has 8 heteroatoms. The van der Waals surface area contributed by atoms with E-state index in [-0.39, 0.29) is 24.0 Å². The summed E-state index contributed by atoms with van der Waals surface area (Å²) in [6.45, 7) is 18.0. The van der Waals surface area contributed by atoms with Gasteiger partial charge in [0.1, 0.15) is 0 Å². The van der Waals surface area contributed by atoms with Crippen molar-refractivity contribution in [2.45, 2.75) is 39.7 Å². The Morgan fingerprint density at radius 2 is 1.79 bits per heavy atom. The van der Waals surface area contributed by atoms with Crippen LogP contribution < -0.4 is 10.6 Å². The molecule has 166 valence electrons. The number of likely N-dealkylation sites (tertiary alicyclic amines) is 1. The lowest BCUT2D eigenvalue weighted by atomic mass is 9.92. The zero-order valence-electron chi connectivity index (χ0n) is 18.2. The van der Waals surface area contributed by atoms with E-state index < -0.39 is 5.60 Å². The lowest BCUT2D eigenvalue weighted by molar-refractivity contribution is -0.0180. The summed E-state index contributed by atoms with van der Waals surface area (Å²) < 4.78 is 5.38. The Balaban J connectivity index is 0.00000392. The third-order valence-electron chi connectivity index (χ3n) is 5.25. The fourth-order valence-corrected chi connectivity index (χ4v) is 4.19. The van der Waals surface area contributed by atoms with Crippen LogP contribution in [0.4, 0.5) is 0 Å². The Morgan fingerprint density at radius 1 is 1.14 bits per heavy atom. The Morgan fingerprint density at radius 3 is 2.39 bits per heavy atom. The highest BCUT2D eigenvalue weighted by Crippen LogP contribution is 2.20. The van der Waals surface area contributed by atoms with Crippen LogP contribution in [0.25, 0.3) is 0 Å². The van der Waals surface area contributed by atoms with Gasteiger partial charge in [-0.05, 0) is 32.1 Å². The van der Waals surface area contributed by atoms with Gasteiger partial charge in [-0.25, -0.2) is 0 Å². The molecular formula is C20H42IN5O2. The van der Waals surface area contributed by atoms with Crippen molar-refractivity contribution in [2.75, 3.05) is 72.1 Å². The molecule has 0 bridgehead atoms. The molecule has 2 aliphatic rings. The summed E-state index contributed by atoms with van der Waals surface area (Å²) >= 11 is 0. The molecule has 3 unspecified atom stereocenters. The van der Waals surface area contributed by atoms with Gasteiger partial charge in [-0.2, -0.15) is 0 Å². The van der Waals surface area contributed by atoms with Crippen molar-refractivity contribution in [2.24, 2.45) is 16.8 Å². The van der Waals surface area contributed by atoms with E-state index in [1.807, 2.05) is 6.92 Å². The predicted octanol–water partition coefficient (Wildman–Crippen LogP) is 1.22. The van der Waals surface area contributed by atoms with Gasteiger partial charge in [0.25, 0.3) is 0 Å². The molecule has 0 aromatic rings. The van der Waals surface area contributed by atoms with Crippen molar-refractivity contribution in [3.8, 4) is 0 Å². The van der Waals surface area contributed by atoms with Gasteiger partial charge >= 0.3 is 0 Å². The molecule has 0 aromatic heterocycles. The molecule has 7 nitrogen and oxygen atoms in total. The summed E-state index contributed by atoms with van der Waals surface area (Å²) in [5.74, 6) is 2.36. The van der Waals surface area contributed by atoms with Crippen LogP contribution in [0.3, 0.4) is 0 Å². The Labute approximate surface area is 188 Å². The number of nitrogens with one attached hydrogen (secondary N) is 2. The van der Waals surface area contributed by atoms with E-state index in [1.165, 1.54) is 19.5 Å². The van der Waals surface area contributed by atoms with Crippen molar-refractivity contribution in [3.63, 3.8) is 0 Å². The van der Waals surface area contributed by atoms with Crippen molar-refractivity contribution in [1.82, 2.24) is 20.4 Å². The van der Waals surface area contributed by atoms with Gasteiger partial charge in [-0.15, -0.1) is 24.0 Å². The molecule has 2 aliphatic heterocycles. The van der Waals surface area contributed by atoms with Gasteiger partial charge in [0.2, 0.25) is 0 Å². The molecule has 28 heavy (non-hydrogen) atoms. The maximum absolute atomic E-state index is 10.7. The number of β-amino-alcohol motifs (C(OH)–C–C–N with tert-alkyl or cyclic N) is 1. The highest BCUT2D eigenvalue weighted by atomic mass is 127. The van der Waals surface area contributed by atoms with Gasteiger partial charge in [0, 0.05) is 52.4 Å². The number of piperidine rings is 1. The first-order valence-corrected chi connectivity index (χ1v) is 10.6. The Bertz CT molecular complexity index is 448. The maximum Gasteiger partial charge on any atom is 0.191 e. The van der Waals surface area contributed by atoms with Crippen LogP contribution in [0.15, 0.2) is 4.99 Å². The smallest absolute Gasteiger partial charge is 0.191 e. The molecule has 2 fully saturated rings. The third-order valence-corrected chi connectivity index (χ3v) is 5.25. The minimum Gasteiger partial charge on any atom is -0.387 e. The van der Waals surface area contributed by atoms with Gasteiger partial charge < -0.3 is 25.4 Å². The highest BCUT2D eigenvalue weighted by Gasteiger charge is 2.25. The van der Waals surface area contributed by atoms with Crippen LogP contribution in [-0.2, 0) is 4.74 Å². The first kappa shape index (κ1) is 25.9. The molecule has 2 heterocycles. The van der Waals surface area contributed by atoms with Crippen LogP contribution >= 0.6 is 24.0 Å². The second-order valence-electron chi connectivity index (χ2n) is 8.71. The normalized spacial score (nSPS) is 27.0. The van der Waals surface area contributed by atoms with E-state index in [0.29, 0.717) is 13.1 Å². The van der Waals surface area contributed by atoms with Crippen molar-refractivity contribution >= 4 is 29.9 Å². The fourth-order valence-electron chi connectivity index (χ4n) is 4.19. The van der Waals surface area contributed by atoms with Crippen molar-refractivity contribution in [1.29, 1.82) is 0 Å². The largest absolute Gasteiger partial charge is 0.387 e. The molecule has 0 spiro atoms. The molecule has 2 rings (SSSR count). The Hall–Kier alpha value is -0.160. The highest BCUT2D eigenvalue weighted by molar-refractivity contribution is 14.0. The molecule has 0 amide bonds. The molecular weight excluding hydrogens is 469 g/mol. The average molecular weight is 511 g/mol. The molecule has 3 N–H and O–H groups in total. The van der Waals surface area contributed by atoms with Crippen molar-refractivity contribution in [3.05, 3.63) is 0 Å². The van der Waals surface area contributed by atoms with Crippen LogP contribution in [0, 0.1) is 11.8 Å². The van der Waals surface area contributed by atoms with Gasteiger partial charge in [0.05, 0.1) is 25.4 Å². The summed E-state index contributed by atoms with van der Waals surface area (Å²) in [5.41, 5.74) is -0.836. The number of nitrogens with zero attached hydrogens (tertiary/aromatic N) is 3. The van der Waals surface area contributed by atoms with Gasteiger partial charge in [-0.3, -0.25) is 9.89 Å². The van der Waals surface area contributed by atoms with E-state index >= 15 is 0 Å². The van der Waals surface area contributed by atoms with E-state index in [9.17, 15) is 5.11 Å². The van der Waals surface area contributed by atoms with E-state index in [0.717, 1.165) is 63.7 Å². The molecule has 2 saturated heterocycles. The SMILES string of the molecule is CCNC(=NCC(C)(O)CN1CCOCC1)NCCN1CC(C)CC(C)C1.I. The van der Waals surface area contributed by atoms with E-state index in [4.69, 9.17) is 4.74 Å². The van der Waals surface area contributed by atoms with E-state index in [2.05, 4.69) is 46.2 Å².